The lowest BCUT2D eigenvalue weighted by Gasteiger charge is -2.20. The molecule has 6 nitrogen and oxygen atoms in total. The van der Waals surface area contributed by atoms with Crippen molar-refractivity contribution < 1.29 is 4.79 Å². The zero-order chi connectivity index (χ0) is 17.3. The number of aryl methyl sites for hydroxylation is 1. The minimum atomic E-state index is -0.399. The summed E-state index contributed by atoms with van der Waals surface area (Å²) in [7, 11) is 4.99. The lowest BCUT2D eigenvalue weighted by Crippen LogP contribution is -2.35. The average Bonchev–Trinajstić information content (AvgIpc) is 2.64. The number of fused-ring (bicyclic) bond motifs is 1. The summed E-state index contributed by atoms with van der Waals surface area (Å²) in [4.78, 5) is 31.3. The Balaban J connectivity index is 2.24. The summed E-state index contributed by atoms with van der Waals surface area (Å²) in [5.74, 6) is 0.0872. The highest BCUT2D eigenvalue weighted by molar-refractivity contribution is 6.13. The lowest BCUT2D eigenvalue weighted by atomic mass is 10.1. The molecule has 0 radical (unpaired) electrons. The molecule has 24 heavy (non-hydrogen) atoms. The molecule has 0 bridgehead atoms. The molecule has 3 rings (SSSR count). The van der Waals surface area contributed by atoms with Crippen LogP contribution < -0.4 is 15.8 Å². The highest BCUT2D eigenvalue weighted by Crippen LogP contribution is 2.25. The quantitative estimate of drug-likeness (QED) is 0.803. The number of para-hydroxylation sites is 1. The first-order chi connectivity index (χ1) is 11.6. The van der Waals surface area contributed by atoms with Crippen LogP contribution in [0.5, 0.6) is 0 Å². The number of carbonyl (C=O) groups excluding carboxylic acids is 1. The average molecular weight is 322 g/mol. The van der Waals surface area contributed by atoms with Crippen molar-refractivity contribution in [1.82, 2.24) is 9.55 Å². The molecule has 0 unspecified atom stereocenters. The van der Waals surface area contributed by atoms with E-state index < -0.39 is 5.91 Å². The fourth-order valence-corrected chi connectivity index (χ4v) is 2.78. The zero-order valence-corrected chi connectivity index (χ0v) is 13.8. The maximum Gasteiger partial charge on any atom is 0.266 e. The number of rotatable bonds is 3. The largest absolute Gasteiger partial charge is 0.387 e. The van der Waals surface area contributed by atoms with Gasteiger partial charge >= 0.3 is 0 Å². The molecule has 0 atom stereocenters. The molecule has 1 amide bonds. The second-order valence-electron chi connectivity index (χ2n) is 5.43. The summed E-state index contributed by atoms with van der Waals surface area (Å²) in [6.07, 6.45) is 1.61. The van der Waals surface area contributed by atoms with Crippen molar-refractivity contribution in [1.29, 1.82) is 0 Å². The molecular formula is C18H18N4O2. The van der Waals surface area contributed by atoms with Crippen LogP contribution in [0, 0.1) is 0 Å². The highest BCUT2D eigenvalue weighted by Gasteiger charge is 2.24. The van der Waals surface area contributed by atoms with Crippen LogP contribution in [-0.4, -0.2) is 29.6 Å². The molecule has 0 aliphatic rings. The molecule has 3 aromatic rings. The Morgan fingerprint density at radius 1 is 1.17 bits per heavy atom. The zero-order valence-electron chi connectivity index (χ0n) is 13.8. The van der Waals surface area contributed by atoms with Crippen LogP contribution in [0.1, 0.15) is 10.4 Å². The third-order valence-electron chi connectivity index (χ3n) is 4.06. The number of nitrogens with zero attached hydrogens (tertiary/aromatic N) is 3. The van der Waals surface area contributed by atoms with Gasteiger partial charge in [0.15, 0.2) is 0 Å². The maximum absolute atomic E-state index is 13.0. The molecule has 0 aliphatic heterocycles. The van der Waals surface area contributed by atoms with E-state index in [2.05, 4.69) is 10.3 Å². The second-order valence-corrected chi connectivity index (χ2v) is 5.43. The number of aromatic nitrogens is 2. The van der Waals surface area contributed by atoms with Crippen molar-refractivity contribution in [2.24, 2.45) is 7.05 Å². The predicted octanol–water partition coefficient (Wildman–Crippen LogP) is 2.25. The molecule has 6 heteroatoms. The van der Waals surface area contributed by atoms with E-state index >= 15 is 0 Å². The Morgan fingerprint density at radius 3 is 2.54 bits per heavy atom. The van der Waals surface area contributed by atoms with E-state index in [1.807, 2.05) is 24.3 Å². The van der Waals surface area contributed by atoms with Crippen LogP contribution in [0.15, 0.2) is 53.5 Å². The fourth-order valence-electron chi connectivity index (χ4n) is 2.78. The lowest BCUT2D eigenvalue weighted by molar-refractivity contribution is 0.0991. The SMILES string of the molecule is CNc1c(C(=O)N(C)c2ccccn2)c(=O)n(C)c2ccccc12. The number of carbonyl (C=O) groups is 1. The molecule has 1 aromatic carbocycles. The van der Waals surface area contributed by atoms with Gasteiger partial charge < -0.3 is 9.88 Å². The smallest absolute Gasteiger partial charge is 0.266 e. The van der Waals surface area contributed by atoms with E-state index in [-0.39, 0.29) is 11.1 Å². The van der Waals surface area contributed by atoms with E-state index in [0.717, 1.165) is 10.9 Å². The van der Waals surface area contributed by atoms with Crippen LogP contribution in [0.4, 0.5) is 11.5 Å². The van der Waals surface area contributed by atoms with E-state index in [9.17, 15) is 9.59 Å². The van der Waals surface area contributed by atoms with E-state index in [1.54, 1.807) is 45.5 Å². The number of hydrogen-bond acceptors (Lipinski definition) is 4. The summed E-state index contributed by atoms with van der Waals surface area (Å²) < 4.78 is 1.50. The number of benzene rings is 1. The standard InChI is InChI=1S/C18H18N4O2/c1-19-16-12-8-4-5-9-13(12)21(2)17(23)15(16)18(24)22(3)14-10-6-7-11-20-14/h4-11,19H,1-3H3. The van der Waals surface area contributed by atoms with Gasteiger partial charge in [0.1, 0.15) is 11.4 Å². The number of pyridine rings is 2. The Kier molecular flexibility index (Phi) is 4.04. The topological polar surface area (TPSA) is 67.2 Å². The van der Waals surface area contributed by atoms with Crippen LogP contribution >= 0.6 is 0 Å². The van der Waals surface area contributed by atoms with Gasteiger partial charge in [0.25, 0.3) is 11.5 Å². The first-order valence-corrected chi connectivity index (χ1v) is 7.54. The molecule has 0 spiro atoms. The van der Waals surface area contributed by atoms with Crippen molar-refractivity contribution in [2.45, 2.75) is 0 Å². The van der Waals surface area contributed by atoms with Gasteiger partial charge in [-0.3, -0.25) is 14.5 Å². The third kappa shape index (κ3) is 2.42. The first-order valence-electron chi connectivity index (χ1n) is 7.54. The second kappa shape index (κ2) is 6.16. The Labute approximate surface area is 139 Å². The molecule has 0 aliphatic carbocycles. The summed E-state index contributed by atoms with van der Waals surface area (Å²) in [6, 6.07) is 12.8. The van der Waals surface area contributed by atoms with Crippen molar-refractivity contribution in [3.8, 4) is 0 Å². The van der Waals surface area contributed by atoms with E-state index in [4.69, 9.17) is 0 Å². The van der Waals surface area contributed by atoms with Crippen molar-refractivity contribution >= 4 is 28.3 Å². The van der Waals surface area contributed by atoms with Gasteiger partial charge in [0, 0.05) is 32.7 Å². The van der Waals surface area contributed by atoms with Crippen molar-refractivity contribution in [3.63, 3.8) is 0 Å². The van der Waals surface area contributed by atoms with Gasteiger partial charge in [-0.25, -0.2) is 4.98 Å². The van der Waals surface area contributed by atoms with Gasteiger partial charge in [-0.2, -0.15) is 0 Å². The van der Waals surface area contributed by atoms with Gasteiger partial charge in [0.2, 0.25) is 0 Å². The molecule has 0 saturated carbocycles. The minimum absolute atomic E-state index is 0.104. The molecule has 0 fully saturated rings. The van der Waals surface area contributed by atoms with Crippen LogP contribution in [0.2, 0.25) is 0 Å². The summed E-state index contributed by atoms with van der Waals surface area (Å²) >= 11 is 0. The number of nitrogens with one attached hydrogen (secondary N) is 1. The first kappa shape index (κ1) is 15.7. The molecule has 122 valence electrons. The molecule has 2 aromatic heterocycles. The van der Waals surface area contributed by atoms with E-state index in [0.29, 0.717) is 11.5 Å². The van der Waals surface area contributed by atoms with Gasteiger partial charge in [-0.15, -0.1) is 0 Å². The summed E-state index contributed by atoms with van der Waals surface area (Å²) in [6.45, 7) is 0. The normalized spacial score (nSPS) is 10.6. The Bertz CT molecular complexity index is 964. The fraction of sp³-hybridized carbons (Fsp3) is 0.167. The number of anilines is 2. The Hall–Kier alpha value is -3.15. The van der Waals surface area contributed by atoms with Crippen molar-refractivity contribution in [3.05, 3.63) is 64.6 Å². The van der Waals surface area contributed by atoms with Gasteiger partial charge in [-0.05, 0) is 18.2 Å². The molecule has 1 N–H and O–H groups in total. The number of hydrogen-bond donors (Lipinski definition) is 1. The summed E-state index contributed by atoms with van der Waals surface area (Å²) in [5, 5.41) is 3.83. The molecule has 0 saturated heterocycles. The number of amides is 1. The maximum atomic E-state index is 13.0. The predicted molar refractivity (Wildman–Crippen MR) is 95.7 cm³/mol. The highest BCUT2D eigenvalue weighted by atomic mass is 16.2. The van der Waals surface area contributed by atoms with Crippen molar-refractivity contribution in [2.75, 3.05) is 24.3 Å². The monoisotopic (exact) mass is 322 g/mol. The van der Waals surface area contributed by atoms with E-state index in [1.165, 1.54) is 9.47 Å². The molecule has 2 heterocycles. The minimum Gasteiger partial charge on any atom is -0.387 e. The van der Waals surface area contributed by atoms with Crippen LogP contribution in [0.3, 0.4) is 0 Å². The summed E-state index contributed by atoms with van der Waals surface area (Å²) in [5.41, 5.74) is 1.06. The van der Waals surface area contributed by atoms with Gasteiger partial charge in [-0.1, -0.05) is 24.3 Å². The third-order valence-corrected chi connectivity index (χ3v) is 4.06. The Morgan fingerprint density at radius 2 is 1.88 bits per heavy atom. The van der Waals surface area contributed by atoms with Crippen LogP contribution in [0.25, 0.3) is 10.9 Å². The molecular weight excluding hydrogens is 304 g/mol. The van der Waals surface area contributed by atoms with Crippen LogP contribution in [-0.2, 0) is 7.05 Å². The van der Waals surface area contributed by atoms with Gasteiger partial charge in [0.05, 0.1) is 11.2 Å².